The van der Waals surface area contributed by atoms with Crippen molar-refractivity contribution in [3.63, 3.8) is 0 Å². The molecule has 1 aliphatic carbocycles. The van der Waals surface area contributed by atoms with Gasteiger partial charge in [0.1, 0.15) is 6.10 Å². The van der Waals surface area contributed by atoms with E-state index in [0.29, 0.717) is 0 Å². The third-order valence-electron chi connectivity index (χ3n) is 6.95. The van der Waals surface area contributed by atoms with E-state index in [2.05, 4.69) is 80.0 Å². The summed E-state index contributed by atoms with van der Waals surface area (Å²) < 4.78 is 0.878. The SMILES string of the molecule is CC(C)(O)c1ccc(Br)cc1C(O)c1ccc2c(c1)C(C)(C)c1ccccc1C2(C)C. The summed E-state index contributed by atoms with van der Waals surface area (Å²) in [6.45, 7) is 12.6. The molecular formula is C28H31BrO2. The Morgan fingerprint density at radius 2 is 1.32 bits per heavy atom. The second kappa shape index (κ2) is 7.30. The van der Waals surface area contributed by atoms with Crippen molar-refractivity contribution in [2.75, 3.05) is 0 Å². The van der Waals surface area contributed by atoms with Crippen LogP contribution in [0.1, 0.15) is 86.6 Å². The molecule has 0 saturated heterocycles. The number of hydrogen-bond donors (Lipinski definition) is 2. The molecule has 4 rings (SSSR count). The fraction of sp³-hybridized carbons (Fsp3) is 0.357. The largest absolute Gasteiger partial charge is 0.386 e. The van der Waals surface area contributed by atoms with Gasteiger partial charge >= 0.3 is 0 Å². The molecule has 0 heterocycles. The standard InChI is InChI=1S/C28H31BrO2/c1-26(2)21-9-7-8-10-22(21)27(3,4)24-15-17(11-13-23(24)26)25(30)19-16-18(29)12-14-20(19)28(5,6)31/h7-16,25,30-31H,1-6H3. The maximum atomic E-state index is 11.4. The highest BCUT2D eigenvalue weighted by Crippen LogP contribution is 2.50. The second-order valence-corrected chi connectivity index (χ2v) is 11.2. The quantitative estimate of drug-likeness (QED) is 0.438. The van der Waals surface area contributed by atoms with Crippen LogP contribution in [0.25, 0.3) is 0 Å². The Labute approximate surface area is 194 Å². The molecule has 0 amide bonds. The van der Waals surface area contributed by atoms with Crippen molar-refractivity contribution in [1.29, 1.82) is 0 Å². The second-order valence-electron chi connectivity index (χ2n) is 10.3. The highest BCUT2D eigenvalue weighted by molar-refractivity contribution is 9.10. The smallest absolute Gasteiger partial charge is 0.104 e. The molecule has 3 aromatic rings. The van der Waals surface area contributed by atoms with E-state index in [1.807, 2.05) is 24.3 Å². The van der Waals surface area contributed by atoms with Gasteiger partial charge in [-0.25, -0.2) is 0 Å². The van der Waals surface area contributed by atoms with E-state index in [9.17, 15) is 10.2 Å². The Hall–Kier alpha value is -1.94. The summed E-state index contributed by atoms with van der Waals surface area (Å²) in [6, 6.07) is 20.7. The molecule has 0 saturated carbocycles. The maximum absolute atomic E-state index is 11.4. The van der Waals surface area contributed by atoms with Crippen LogP contribution in [0, 0.1) is 0 Å². The summed E-state index contributed by atoms with van der Waals surface area (Å²) >= 11 is 3.52. The maximum Gasteiger partial charge on any atom is 0.104 e. The molecule has 2 N–H and O–H groups in total. The minimum Gasteiger partial charge on any atom is -0.386 e. The van der Waals surface area contributed by atoms with Crippen LogP contribution in [0.15, 0.2) is 65.1 Å². The Kier molecular flexibility index (Phi) is 5.24. The van der Waals surface area contributed by atoms with Crippen molar-refractivity contribution in [1.82, 2.24) is 0 Å². The molecule has 0 aliphatic heterocycles. The summed E-state index contributed by atoms with van der Waals surface area (Å²) in [5.74, 6) is 0. The van der Waals surface area contributed by atoms with Gasteiger partial charge in [-0.1, -0.05) is 92.2 Å². The summed E-state index contributed by atoms with van der Waals surface area (Å²) in [4.78, 5) is 0. The predicted octanol–water partition coefficient (Wildman–Crippen LogP) is 6.72. The van der Waals surface area contributed by atoms with Gasteiger partial charge in [-0.05, 0) is 64.9 Å². The number of benzene rings is 3. The molecule has 2 nitrogen and oxygen atoms in total. The van der Waals surface area contributed by atoms with Crippen molar-refractivity contribution in [2.24, 2.45) is 0 Å². The zero-order valence-corrected chi connectivity index (χ0v) is 20.7. The zero-order valence-electron chi connectivity index (χ0n) is 19.1. The number of aliphatic hydroxyl groups excluding tert-OH is 1. The monoisotopic (exact) mass is 478 g/mol. The van der Waals surface area contributed by atoms with Gasteiger partial charge in [0.15, 0.2) is 0 Å². The Bertz CT molecular complexity index is 1150. The molecule has 0 aromatic heterocycles. The summed E-state index contributed by atoms with van der Waals surface area (Å²) in [5.41, 5.74) is 6.18. The molecule has 3 aromatic carbocycles. The van der Waals surface area contributed by atoms with Gasteiger partial charge in [0.2, 0.25) is 0 Å². The number of aliphatic hydroxyl groups is 2. The Morgan fingerprint density at radius 1 is 0.774 bits per heavy atom. The molecule has 31 heavy (non-hydrogen) atoms. The molecule has 162 valence electrons. The van der Waals surface area contributed by atoms with Crippen molar-refractivity contribution >= 4 is 15.9 Å². The van der Waals surface area contributed by atoms with Gasteiger partial charge in [0.25, 0.3) is 0 Å². The van der Waals surface area contributed by atoms with Crippen molar-refractivity contribution in [3.05, 3.63) is 104 Å². The Balaban J connectivity index is 1.89. The number of halogens is 1. The normalized spacial score (nSPS) is 17.6. The van der Waals surface area contributed by atoms with Crippen LogP contribution in [0.2, 0.25) is 0 Å². The number of hydrogen-bond acceptors (Lipinski definition) is 2. The van der Waals surface area contributed by atoms with Gasteiger partial charge in [0.05, 0.1) is 5.60 Å². The van der Waals surface area contributed by atoms with Crippen molar-refractivity contribution in [3.8, 4) is 0 Å². The van der Waals surface area contributed by atoms with Crippen LogP contribution in [-0.4, -0.2) is 10.2 Å². The third-order valence-corrected chi connectivity index (χ3v) is 7.44. The van der Waals surface area contributed by atoms with Crippen LogP contribution < -0.4 is 0 Å². The summed E-state index contributed by atoms with van der Waals surface area (Å²) in [5, 5.41) is 22.1. The van der Waals surface area contributed by atoms with Gasteiger partial charge < -0.3 is 10.2 Å². The van der Waals surface area contributed by atoms with Crippen LogP contribution in [-0.2, 0) is 16.4 Å². The first-order valence-electron chi connectivity index (χ1n) is 10.8. The highest BCUT2D eigenvalue weighted by Gasteiger charge is 2.41. The molecule has 1 unspecified atom stereocenters. The van der Waals surface area contributed by atoms with Gasteiger partial charge in [0, 0.05) is 15.3 Å². The molecule has 0 spiro atoms. The van der Waals surface area contributed by atoms with E-state index in [1.165, 1.54) is 22.3 Å². The lowest BCUT2D eigenvalue weighted by Crippen LogP contribution is -2.36. The minimum absolute atomic E-state index is 0.112. The first-order valence-corrected chi connectivity index (χ1v) is 11.6. The van der Waals surface area contributed by atoms with Crippen LogP contribution in [0.4, 0.5) is 0 Å². The van der Waals surface area contributed by atoms with E-state index in [4.69, 9.17) is 0 Å². The zero-order chi connectivity index (χ0) is 22.8. The van der Waals surface area contributed by atoms with Crippen molar-refractivity contribution < 1.29 is 10.2 Å². The summed E-state index contributed by atoms with van der Waals surface area (Å²) in [7, 11) is 0. The number of fused-ring (bicyclic) bond motifs is 2. The van der Waals surface area contributed by atoms with E-state index in [-0.39, 0.29) is 10.8 Å². The molecule has 1 aliphatic rings. The predicted molar refractivity (Wildman–Crippen MR) is 131 cm³/mol. The molecular weight excluding hydrogens is 448 g/mol. The fourth-order valence-electron chi connectivity index (χ4n) is 5.15. The third kappa shape index (κ3) is 3.57. The lowest BCUT2D eigenvalue weighted by molar-refractivity contribution is 0.0745. The minimum atomic E-state index is -1.05. The summed E-state index contributed by atoms with van der Waals surface area (Å²) in [6.07, 6.45) is -0.833. The van der Waals surface area contributed by atoms with Gasteiger partial charge in [-0.15, -0.1) is 0 Å². The molecule has 0 fully saturated rings. The van der Waals surface area contributed by atoms with Gasteiger partial charge in [-0.3, -0.25) is 0 Å². The average Bonchev–Trinajstić information content (AvgIpc) is 2.71. The molecule has 0 bridgehead atoms. The Morgan fingerprint density at radius 3 is 1.90 bits per heavy atom. The molecule has 3 heteroatoms. The molecule has 1 atom stereocenters. The number of rotatable bonds is 3. The fourth-order valence-corrected chi connectivity index (χ4v) is 5.53. The van der Waals surface area contributed by atoms with Crippen LogP contribution in [0.5, 0.6) is 0 Å². The van der Waals surface area contributed by atoms with E-state index in [0.717, 1.165) is 21.2 Å². The highest BCUT2D eigenvalue weighted by atomic mass is 79.9. The van der Waals surface area contributed by atoms with Gasteiger partial charge in [-0.2, -0.15) is 0 Å². The average molecular weight is 479 g/mol. The van der Waals surface area contributed by atoms with E-state index < -0.39 is 11.7 Å². The first-order chi connectivity index (χ1) is 14.3. The lowest BCUT2D eigenvalue weighted by Gasteiger charge is -2.44. The van der Waals surface area contributed by atoms with Crippen molar-refractivity contribution in [2.45, 2.75) is 64.1 Å². The van der Waals surface area contributed by atoms with E-state index >= 15 is 0 Å². The van der Waals surface area contributed by atoms with Crippen LogP contribution in [0.3, 0.4) is 0 Å². The topological polar surface area (TPSA) is 40.5 Å². The van der Waals surface area contributed by atoms with Crippen LogP contribution >= 0.6 is 15.9 Å². The lowest BCUT2D eigenvalue weighted by atomic mass is 9.60. The van der Waals surface area contributed by atoms with E-state index in [1.54, 1.807) is 13.8 Å². The first kappa shape index (κ1) is 22.3. The molecule has 0 radical (unpaired) electrons.